The number of anilines is 1. The van der Waals surface area contributed by atoms with Crippen LogP contribution in [0.15, 0.2) is 24.3 Å². The molecule has 3 rings (SSSR count). The van der Waals surface area contributed by atoms with Crippen molar-refractivity contribution in [3.8, 4) is 0 Å². The number of rotatable bonds is 3. The van der Waals surface area contributed by atoms with Gasteiger partial charge in [-0.05, 0) is 39.7 Å². The number of piperidine rings is 1. The Bertz CT molecular complexity index is 674. The van der Waals surface area contributed by atoms with Crippen LogP contribution in [0.1, 0.15) is 33.6 Å². The topological polar surface area (TPSA) is 93.9 Å². The van der Waals surface area contributed by atoms with E-state index in [9.17, 15) is 14.9 Å². The molecule has 26 heavy (non-hydrogen) atoms. The summed E-state index contributed by atoms with van der Waals surface area (Å²) >= 11 is 0. The zero-order valence-corrected chi connectivity index (χ0v) is 15.3. The molecule has 8 heteroatoms. The molecule has 0 saturated carbocycles. The summed E-state index contributed by atoms with van der Waals surface area (Å²) < 4.78 is 11.2. The highest BCUT2D eigenvalue weighted by Gasteiger charge is 2.43. The first kappa shape index (κ1) is 18.4. The maximum absolute atomic E-state index is 12.6. The Kier molecular flexibility index (Phi) is 5.04. The monoisotopic (exact) mass is 363 g/mol. The van der Waals surface area contributed by atoms with Gasteiger partial charge in [-0.1, -0.05) is 12.1 Å². The van der Waals surface area contributed by atoms with Crippen LogP contribution in [0.25, 0.3) is 0 Å². The van der Waals surface area contributed by atoms with Gasteiger partial charge in [0.1, 0.15) is 11.3 Å². The van der Waals surface area contributed by atoms with Gasteiger partial charge in [-0.15, -0.1) is 0 Å². The zero-order chi connectivity index (χ0) is 18.9. The Morgan fingerprint density at radius 2 is 1.88 bits per heavy atom. The fourth-order valence-electron chi connectivity index (χ4n) is 3.62. The van der Waals surface area contributed by atoms with E-state index in [2.05, 4.69) is 5.32 Å². The summed E-state index contributed by atoms with van der Waals surface area (Å²) in [6, 6.07) is 6.46. The molecule has 2 bridgehead atoms. The number of carbonyl (C=O) groups excluding carboxylic acids is 1. The molecule has 2 atom stereocenters. The average Bonchev–Trinajstić information content (AvgIpc) is 2.52. The number of amides is 1. The third-order valence-electron chi connectivity index (χ3n) is 4.59. The van der Waals surface area contributed by atoms with Crippen LogP contribution in [0.5, 0.6) is 0 Å². The maximum atomic E-state index is 12.6. The van der Waals surface area contributed by atoms with Crippen molar-refractivity contribution in [3.05, 3.63) is 34.4 Å². The fraction of sp³-hybridized carbons (Fsp3) is 0.611. The highest BCUT2D eigenvalue weighted by Crippen LogP contribution is 2.33. The zero-order valence-electron chi connectivity index (χ0n) is 15.3. The molecule has 2 heterocycles. The number of nitro benzene ring substituents is 1. The highest BCUT2D eigenvalue weighted by molar-refractivity contribution is 5.69. The first-order valence-electron chi connectivity index (χ1n) is 8.83. The Morgan fingerprint density at radius 1 is 1.27 bits per heavy atom. The number of fused-ring (bicyclic) bond motifs is 2. The minimum atomic E-state index is -0.550. The third kappa shape index (κ3) is 4.07. The minimum Gasteiger partial charge on any atom is -0.444 e. The molecule has 1 aromatic rings. The van der Waals surface area contributed by atoms with Crippen molar-refractivity contribution in [1.29, 1.82) is 0 Å². The molecular weight excluding hydrogens is 338 g/mol. The number of para-hydroxylation sites is 2. The summed E-state index contributed by atoms with van der Waals surface area (Å²) in [6.07, 6.45) is 0.990. The van der Waals surface area contributed by atoms with Gasteiger partial charge in [0.25, 0.3) is 5.69 Å². The number of nitro groups is 1. The van der Waals surface area contributed by atoms with E-state index in [-0.39, 0.29) is 34.8 Å². The Morgan fingerprint density at radius 3 is 2.46 bits per heavy atom. The molecular formula is C18H25N3O5. The van der Waals surface area contributed by atoms with Crippen molar-refractivity contribution in [2.75, 3.05) is 18.5 Å². The quantitative estimate of drug-likeness (QED) is 0.655. The summed E-state index contributed by atoms with van der Waals surface area (Å²) in [4.78, 5) is 25.2. The lowest BCUT2D eigenvalue weighted by Crippen LogP contribution is -2.61. The van der Waals surface area contributed by atoms with Crippen molar-refractivity contribution < 1.29 is 19.2 Å². The van der Waals surface area contributed by atoms with Crippen LogP contribution in [0.2, 0.25) is 0 Å². The summed E-state index contributed by atoms with van der Waals surface area (Å²) in [7, 11) is 0. The van der Waals surface area contributed by atoms with Crippen LogP contribution < -0.4 is 5.32 Å². The lowest BCUT2D eigenvalue weighted by Gasteiger charge is -2.48. The number of benzene rings is 1. The van der Waals surface area contributed by atoms with Crippen LogP contribution in [-0.2, 0) is 9.47 Å². The van der Waals surface area contributed by atoms with Crippen molar-refractivity contribution in [2.24, 2.45) is 0 Å². The molecule has 2 aliphatic rings. The first-order valence-corrected chi connectivity index (χ1v) is 8.83. The van der Waals surface area contributed by atoms with Crippen LogP contribution in [-0.4, -0.2) is 52.9 Å². The molecule has 1 amide bonds. The van der Waals surface area contributed by atoms with Crippen LogP contribution in [0.4, 0.5) is 16.2 Å². The molecule has 142 valence electrons. The predicted molar refractivity (Wildman–Crippen MR) is 96.2 cm³/mol. The SMILES string of the molecule is CC(C)(C)OC(=O)N1C2COCC1CC(Nc1ccccc1[N+](=O)[O-])C2. The van der Waals surface area contributed by atoms with Crippen LogP contribution >= 0.6 is 0 Å². The Balaban J connectivity index is 1.72. The van der Waals surface area contributed by atoms with Gasteiger partial charge in [0, 0.05) is 12.1 Å². The lowest BCUT2D eigenvalue weighted by molar-refractivity contribution is -0.384. The maximum Gasteiger partial charge on any atom is 0.410 e. The summed E-state index contributed by atoms with van der Waals surface area (Å²) in [6.45, 7) is 6.44. The first-order chi connectivity index (χ1) is 12.2. The number of hydrogen-bond acceptors (Lipinski definition) is 6. The van der Waals surface area contributed by atoms with E-state index >= 15 is 0 Å². The molecule has 2 fully saturated rings. The molecule has 1 aromatic carbocycles. The standard InChI is InChI=1S/C18H25N3O5/c1-18(2,3)26-17(22)20-13-8-12(9-14(20)11-25-10-13)19-15-6-4-5-7-16(15)21(23)24/h4-7,12-14,19H,8-11H2,1-3H3. The van der Waals surface area contributed by atoms with E-state index in [0.29, 0.717) is 31.7 Å². The lowest BCUT2D eigenvalue weighted by atomic mass is 9.90. The second-order valence-corrected chi connectivity index (χ2v) is 7.82. The molecule has 0 radical (unpaired) electrons. The third-order valence-corrected chi connectivity index (χ3v) is 4.59. The minimum absolute atomic E-state index is 0.0358. The van der Waals surface area contributed by atoms with E-state index in [4.69, 9.17) is 9.47 Å². The van der Waals surface area contributed by atoms with E-state index in [1.165, 1.54) is 6.07 Å². The fourth-order valence-corrected chi connectivity index (χ4v) is 3.62. The van der Waals surface area contributed by atoms with E-state index < -0.39 is 5.60 Å². The smallest absolute Gasteiger partial charge is 0.410 e. The van der Waals surface area contributed by atoms with Crippen molar-refractivity contribution in [1.82, 2.24) is 4.90 Å². The Labute approximate surface area is 152 Å². The van der Waals surface area contributed by atoms with Gasteiger partial charge < -0.3 is 14.8 Å². The van der Waals surface area contributed by atoms with Gasteiger partial charge in [0.15, 0.2) is 0 Å². The molecule has 0 aromatic heterocycles. The van der Waals surface area contributed by atoms with E-state index in [0.717, 1.165) is 0 Å². The van der Waals surface area contributed by atoms with E-state index in [1.54, 1.807) is 23.1 Å². The number of hydrogen-bond donors (Lipinski definition) is 1. The van der Waals surface area contributed by atoms with Gasteiger partial charge in [0.05, 0.1) is 30.2 Å². The van der Waals surface area contributed by atoms with E-state index in [1.807, 2.05) is 20.8 Å². The molecule has 0 aliphatic carbocycles. The van der Waals surface area contributed by atoms with Crippen molar-refractivity contribution in [3.63, 3.8) is 0 Å². The van der Waals surface area contributed by atoms with Crippen molar-refractivity contribution in [2.45, 2.75) is 57.3 Å². The molecule has 1 N–H and O–H groups in total. The Hall–Kier alpha value is -2.35. The normalized spacial score (nSPS) is 25.5. The van der Waals surface area contributed by atoms with Gasteiger partial charge in [0.2, 0.25) is 0 Å². The molecule has 0 spiro atoms. The average molecular weight is 363 g/mol. The summed E-state index contributed by atoms with van der Waals surface area (Å²) in [5.74, 6) is 0. The second-order valence-electron chi connectivity index (χ2n) is 7.82. The molecule has 2 aliphatic heterocycles. The van der Waals surface area contributed by atoms with Crippen LogP contribution in [0.3, 0.4) is 0 Å². The number of carbonyl (C=O) groups is 1. The highest BCUT2D eigenvalue weighted by atomic mass is 16.6. The summed E-state index contributed by atoms with van der Waals surface area (Å²) in [5, 5.41) is 14.5. The predicted octanol–water partition coefficient (Wildman–Crippen LogP) is 3.17. The van der Waals surface area contributed by atoms with Gasteiger partial charge in [-0.3, -0.25) is 15.0 Å². The van der Waals surface area contributed by atoms with Gasteiger partial charge >= 0.3 is 6.09 Å². The molecule has 2 saturated heterocycles. The largest absolute Gasteiger partial charge is 0.444 e. The molecule has 2 unspecified atom stereocenters. The number of morpholine rings is 1. The van der Waals surface area contributed by atoms with Crippen LogP contribution in [0, 0.1) is 10.1 Å². The number of ether oxygens (including phenoxy) is 2. The number of nitrogens with one attached hydrogen (secondary N) is 1. The summed E-state index contributed by atoms with van der Waals surface area (Å²) in [5.41, 5.74) is 0.0158. The number of nitrogens with zero attached hydrogens (tertiary/aromatic N) is 2. The molecule has 8 nitrogen and oxygen atoms in total. The van der Waals surface area contributed by atoms with Gasteiger partial charge in [-0.25, -0.2) is 4.79 Å². The van der Waals surface area contributed by atoms with Crippen molar-refractivity contribution >= 4 is 17.5 Å². The second kappa shape index (κ2) is 7.11. The van der Waals surface area contributed by atoms with Gasteiger partial charge in [-0.2, -0.15) is 0 Å².